The Labute approximate surface area is 230 Å². The number of hydrogen-bond acceptors (Lipinski definition) is 3. The summed E-state index contributed by atoms with van der Waals surface area (Å²) in [6.45, 7) is 9.48. The van der Waals surface area contributed by atoms with E-state index in [1.54, 1.807) is 13.8 Å². The smallest absolute Gasteiger partial charge is 0.217 e. The maximum absolute atomic E-state index is 14.2. The molecule has 0 saturated heterocycles. The number of allylic oxidation sites excluding steroid dienone is 2. The second kappa shape index (κ2) is 9.88. The molecule has 0 saturated carbocycles. The first-order valence-electron chi connectivity index (χ1n) is 13.7. The molecule has 5 rings (SSSR count). The standard InChI is InChI=1S/C34H36N2O3/c1-6-34(7-2,36-22(4)37)29-25-15-11-12-16-26(25)35-30(29)27(23-13-9-8-10-14-23)28-31(38)33(5,32(28)39)24-19-17-21(3)18-20-24/h8-20,27,35,38H,6-7H2,1-5H3,(H,36,37). The van der Waals surface area contributed by atoms with Crippen LogP contribution in [0.5, 0.6) is 0 Å². The first kappa shape index (κ1) is 26.5. The van der Waals surface area contributed by atoms with Crippen molar-refractivity contribution in [3.8, 4) is 0 Å². The number of para-hydroxylation sites is 1. The summed E-state index contributed by atoms with van der Waals surface area (Å²) >= 11 is 0. The van der Waals surface area contributed by atoms with E-state index >= 15 is 0 Å². The lowest BCUT2D eigenvalue weighted by Crippen LogP contribution is -2.48. The van der Waals surface area contributed by atoms with Gasteiger partial charge >= 0.3 is 0 Å². The van der Waals surface area contributed by atoms with Crippen LogP contribution in [0.1, 0.15) is 74.4 Å². The predicted molar refractivity (Wildman–Crippen MR) is 156 cm³/mol. The van der Waals surface area contributed by atoms with Crippen LogP contribution in [0.15, 0.2) is 90.2 Å². The van der Waals surface area contributed by atoms with Crippen LogP contribution in [0.25, 0.3) is 10.9 Å². The van der Waals surface area contributed by atoms with Gasteiger partial charge in [0, 0.05) is 34.7 Å². The van der Waals surface area contributed by atoms with Crippen molar-refractivity contribution in [2.24, 2.45) is 0 Å². The van der Waals surface area contributed by atoms with Crippen LogP contribution in [0.2, 0.25) is 0 Å². The number of aromatic amines is 1. The highest BCUT2D eigenvalue weighted by atomic mass is 16.3. The molecule has 0 aliphatic heterocycles. The van der Waals surface area contributed by atoms with E-state index in [0.717, 1.165) is 38.9 Å². The van der Waals surface area contributed by atoms with Gasteiger partial charge in [-0.2, -0.15) is 0 Å². The molecular weight excluding hydrogens is 484 g/mol. The number of aliphatic hydroxyl groups is 1. The third kappa shape index (κ3) is 4.08. The van der Waals surface area contributed by atoms with Gasteiger partial charge in [-0.05, 0) is 43.9 Å². The van der Waals surface area contributed by atoms with Crippen molar-refractivity contribution in [1.82, 2.24) is 10.3 Å². The summed E-state index contributed by atoms with van der Waals surface area (Å²) in [6.07, 6.45) is 1.33. The van der Waals surface area contributed by atoms with Crippen molar-refractivity contribution < 1.29 is 14.7 Å². The maximum Gasteiger partial charge on any atom is 0.217 e. The number of fused-ring (bicyclic) bond motifs is 1. The van der Waals surface area contributed by atoms with Crippen molar-refractivity contribution in [2.45, 2.75) is 64.3 Å². The van der Waals surface area contributed by atoms with Crippen LogP contribution in [0, 0.1) is 6.92 Å². The van der Waals surface area contributed by atoms with Gasteiger partial charge in [-0.25, -0.2) is 0 Å². The Morgan fingerprint density at radius 3 is 2.18 bits per heavy atom. The summed E-state index contributed by atoms with van der Waals surface area (Å²) in [5, 5.41) is 16.0. The molecule has 1 heterocycles. The van der Waals surface area contributed by atoms with Gasteiger partial charge in [0.05, 0.1) is 11.5 Å². The van der Waals surface area contributed by atoms with E-state index in [-0.39, 0.29) is 17.4 Å². The minimum absolute atomic E-state index is 0.0907. The molecule has 5 heteroatoms. The molecule has 0 bridgehead atoms. The number of Topliss-reactive ketones (excluding diaryl/α,β-unsaturated/α-hetero) is 1. The van der Waals surface area contributed by atoms with E-state index in [1.165, 1.54) is 0 Å². The Morgan fingerprint density at radius 2 is 1.59 bits per heavy atom. The minimum Gasteiger partial charge on any atom is -0.510 e. The topological polar surface area (TPSA) is 82.2 Å². The van der Waals surface area contributed by atoms with E-state index in [1.807, 2.05) is 79.7 Å². The zero-order chi connectivity index (χ0) is 27.9. The number of amides is 1. The van der Waals surface area contributed by atoms with E-state index in [2.05, 4.69) is 30.2 Å². The number of nitrogens with one attached hydrogen (secondary N) is 2. The largest absolute Gasteiger partial charge is 0.510 e. The lowest BCUT2D eigenvalue weighted by molar-refractivity contribution is -0.124. The number of aromatic nitrogens is 1. The monoisotopic (exact) mass is 520 g/mol. The lowest BCUT2D eigenvalue weighted by atomic mass is 9.60. The minimum atomic E-state index is -1.10. The fraction of sp³-hybridized carbons (Fsp3) is 0.294. The molecule has 0 fully saturated rings. The predicted octanol–water partition coefficient (Wildman–Crippen LogP) is 7.11. The molecule has 0 radical (unpaired) electrons. The van der Waals surface area contributed by atoms with Gasteiger partial charge in [0.25, 0.3) is 0 Å². The molecule has 1 aliphatic rings. The first-order valence-corrected chi connectivity index (χ1v) is 13.7. The molecule has 39 heavy (non-hydrogen) atoms. The van der Waals surface area contributed by atoms with E-state index in [9.17, 15) is 14.7 Å². The maximum atomic E-state index is 14.2. The second-order valence-electron chi connectivity index (χ2n) is 10.9. The summed E-state index contributed by atoms with van der Waals surface area (Å²) in [6, 6.07) is 25.6. The molecule has 1 aliphatic carbocycles. The van der Waals surface area contributed by atoms with Gasteiger partial charge in [-0.1, -0.05) is 92.2 Å². The van der Waals surface area contributed by atoms with Gasteiger partial charge in [-0.15, -0.1) is 0 Å². The number of aryl methyl sites for hydroxylation is 1. The van der Waals surface area contributed by atoms with Crippen molar-refractivity contribution >= 4 is 22.6 Å². The molecule has 4 aromatic rings. The molecule has 2 unspecified atom stereocenters. The average Bonchev–Trinajstić information content (AvgIpc) is 3.34. The number of H-pyrrole nitrogens is 1. The molecule has 1 amide bonds. The third-order valence-corrected chi connectivity index (χ3v) is 8.60. The quantitative estimate of drug-likeness (QED) is 0.231. The van der Waals surface area contributed by atoms with Gasteiger partial charge < -0.3 is 15.4 Å². The van der Waals surface area contributed by atoms with Gasteiger partial charge in [-0.3, -0.25) is 9.59 Å². The number of aliphatic hydroxyl groups excluding tert-OH is 1. The number of carbonyl (C=O) groups is 2. The van der Waals surface area contributed by atoms with Crippen LogP contribution in [-0.2, 0) is 20.5 Å². The highest BCUT2D eigenvalue weighted by Gasteiger charge is 2.55. The number of rotatable bonds is 8. The zero-order valence-corrected chi connectivity index (χ0v) is 23.3. The van der Waals surface area contributed by atoms with Crippen molar-refractivity contribution in [3.05, 3.63) is 118 Å². The van der Waals surface area contributed by atoms with Crippen molar-refractivity contribution in [3.63, 3.8) is 0 Å². The highest BCUT2D eigenvalue weighted by molar-refractivity contribution is 6.14. The molecule has 5 nitrogen and oxygen atoms in total. The molecule has 3 aromatic carbocycles. The zero-order valence-electron chi connectivity index (χ0n) is 23.3. The molecule has 0 spiro atoms. The van der Waals surface area contributed by atoms with Crippen LogP contribution in [0.3, 0.4) is 0 Å². The third-order valence-electron chi connectivity index (χ3n) is 8.60. The van der Waals surface area contributed by atoms with E-state index in [4.69, 9.17) is 0 Å². The van der Waals surface area contributed by atoms with Gasteiger partial charge in [0.1, 0.15) is 11.2 Å². The van der Waals surface area contributed by atoms with Crippen LogP contribution >= 0.6 is 0 Å². The molecular formula is C34H36N2O3. The van der Waals surface area contributed by atoms with Crippen LogP contribution in [0.4, 0.5) is 0 Å². The molecule has 200 valence electrons. The SMILES string of the molecule is CCC(CC)(NC(C)=O)c1c(C(C2=C(O)C(C)(c3ccc(C)cc3)C2=O)c2ccccc2)[nH]c2ccccc12. The Hall–Kier alpha value is -4.12. The second-order valence-corrected chi connectivity index (χ2v) is 10.9. The van der Waals surface area contributed by atoms with E-state index < -0.39 is 16.9 Å². The summed E-state index contributed by atoms with van der Waals surface area (Å²) < 4.78 is 0. The van der Waals surface area contributed by atoms with E-state index in [0.29, 0.717) is 18.4 Å². The molecule has 3 N–H and O–H groups in total. The molecule has 1 aromatic heterocycles. The average molecular weight is 521 g/mol. The summed E-state index contributed by atoms with van der Waals surface area (Å²) in [5.41, 5.74) is 4.10. The number of carbonyl (C=O) groups excluding carboxylic acids is 2. The number of benzene rings is 3. The molecule has 2 atom stereocenters. The Balaban J connectivity index is 1.81. The van der Waals surface area contributed by atoms with Crippen LogP contribution < -0.4 is 5.32 Å². The summed E-state index contributed by atoms with van der Waals surface area (Å²) in [4.78, 5) is 30.3. The Morgan fingerprint density at radius 1 is 0.974 bits per heavy atom. The lowest BCUT2D eigenvalue weighted by Gasteiger charge is -2.42. The fourth-order valence-electron chi connectivity index (χ4n) is 6.31. The number of hydrogen-bond donors (Lipinski definition) is 3. The highest BCUT2D eigenvalue weighted by Crippen LogP contribution is 2.53. The first-order chi connectivity index (χ1) is 18.7. The van der Waals surface area contributed by atoms with Gasteiger partial charge in [0.15, 0.2) is 5.78 Å². The normalized spacial score (nSPS) is 18.2. The summed E-state index contributed by atoms with van der Waals surface area (Å²) in [5.74, 6) is -0.654. The van der Waals surface area contributed by atoms with Crippen molar-refractivity contribution in [1.29, 1.82) is 0 Å². The Kier molecular flexibility index (Phi) is 6.71. The summed E-state index contributed by atoms with van der Waals surface area (Å²) in [7, 11) is 0. The van der Waals surface area contributed by atoms with Crippen molar-refractivity contribution in [2.75, 3.05) is 0 Å². The van der Waals surface area contributed by atoms with Crippen LogP contribution in [-0.4, -0.2) is 21.8 Å². The van der Waals surface area contributed by atoms with Gasteiger partial charge in [0.2, 0.25) is 5.91 Å². The number of ketones is 1. The fourth-order valence-corrected chi connectivity index (χ4v) is 6.31. The Bertz CT molecular complexity index is 1580.